The van der Waals surface area contributed by atoms with Crippen molar-refractivity contribution < 1.29 is 5.11 Å². The molecule has 1 atom stereocenters. The fourth-order valence-corrected chi connectivity index (χ4v) is 2.63. The molecule has 0 aliphatic carbocycles. The van der Waals surface area contributed by atoms with E-state index in [-0.39, 0.29) is 0 Å². The minimum absolute atomic E-state index is 0.303. The van der Waals surface area contributed by atoms with Crippen LogP contribution in [0.3, 0.4) is 0 Å². The molecular formula is C13H23NOS. The molecule has 0 fully saturated rings. The molecule has 0 radical (unpaired) electrons. The average molecular weight is 241 g/mol. The fraction of sp³-hybridized carbons (Fsp3) is 0.692. The zero-order valence-corrected chi connectivity index (χ0v) is 11.1. The van der Waals surface area contributed by atoms with E-state index in [0.717, 1.165) is 19.5 Å². The normalized spacial score (nSPS) is 13.2. The molecule has 0 saturated heterocycles. The summed E-state index contributed by atoms with van der Waals surface area (Å²) in [4.78, 5) is 0. The van der Waals surface area contributed by atoms with Crippen LogP contribution >= 0.6 is 11.3 Å². The Morgan fingerprint density at radius 1 is 1.44 bits per heavy atom. The molecule has 0 bridgehead atoms. The zero-order valence-electron chi connectivity index (χ0n) is 10.3. The van der Waals surface area contributed by atoms with Gasteiger partial charge in [0.15, 0.2) is 0 Å². The van der Waals surface area contributed by atoms with Crippen LogP contribution < -0.4 is 5.32 Å². The average Bonchev–Trinajstić information content (AvgIpc) is 2.70. The largest absolute Gasteiger partial charge is 0.396 e. The number of hydrogen-bond acceptors (Lipinski definition) is 3. The van der Waals surface area contributed by atoms with Crippen LogP contribution in [-0.4, -0.2) is 18.3 Å². The number of nitrogens with one attached hydrogen (secondary N) is 1. The van der Waals surface area contributed by atoms with Crippen LogP contribution in [0.2, 0.25) is 0 Å². The topological polar surface area (TPSA) is 32.3 Å². The van der Waals surface area contributed by atoms with Crippen molar-refractivity contribution in [1.29, 1.82) is 0 Å². The van der Waals surface area contributed by atoms with Crippen LogP contribution in [0, 0.1) is 11.8 Å². The highest BCUT2D eigenvalue weighted by Crippen LogP contribution is 2.14. The summed E-state index contributed by atoms with van der Waals surface area (Å²) in [6.45, 7) is 6.74. The Kier molecular flexibility index (Phi) is 6.69. The van der Waals surface area contributed by atoms with Gasteiger partial charge in [-0.1, -0.05) is 13.8 Å². The molecule has 0 aromatic carbocycles. The van der Waals surface area contributed by atoms with Crippen molar-refractivity contribution in [2.75, 3.05) is 13.2 Å². The smallest absolute Gasteiger partial charge is 0.0434 e. The number of rotatable bonds is 8. The lowest BCUT2D eigenvalue weighted by Gasteiger charge is -2.18. The van der Waals surface area contributed by atoms with Gasteiger partial charge in [-0.25, -0.2) is 0 Å². The number of thiophene rings is 1. The quantitative estimate of drug-likeness (QED) is 0.733. The van der Waals surface area contributed by atoms with Gasteiger partial charge in [-0.05, 0) is 53.6 Å². The highest BCUT2D eigenvalue weighted by atomic mass is 32.1. The molecule has 1 aromatic rings. The maximum absolute atomic E-state index is 9.01. The van der Waals surface area contributed by atoms with E-state index in [0.29, 0.717) is 18.4 Å². The Morgan fingerprint density at radius 3 is 2.81 bits per heavy atom. The van der Waals surface area contributed by atoms with Gasteiger partial charge >= 0.3 is 0 Å². The minimum atomic E-state index is 0.303. The lowest BCUT2D eigenvalue weighted by molar-refractivity contribution is 0.239. The predicted molar refractivity (Wildman–Crippen MR) is 70.7 cm³/mol. The maximum Gasteiger partial charge on any atom is 0.0434 e. The summed E-state index contributed by atoms with van der Waals surface area (Å²) >= 11 is 1.74. The van der Waals surface area contributed by atoms with E-state index in [2.05, 4.69) is 36.0 Å². The molecule has 0 saturated carbocycles. The van der Waals surface area contributed by atoms with Crippen molar-refractivity contribution >= 4 is 11.3 Å². The Morgan fingerprint density at radius 2 is 2.25 bits per heavy atom. The number of hydrogen-bond donors (Lipinski definition) is 2. The fourth-order valence-electron chi connectivity index (χ4n) is 1.97. The summed E-state index contributed by atoms with van der Waals surface area (Å²) in [7, 11) is 0. The molecule has 1 unspecified atom stereocenters. The van der Waals surface area contributed by atoms with Crippen molar-refractivity contribution in [3.63, 3.8) is 0 Å². The van der Waals surface area contributed by atoms with Gasteiger partial charge < -0.3 is 10.4 Å². The molecule has 1 rings (SSSR count). The Labute approximate surface area is 103 Å². The summed E-state index contributed by atoms with van der Waals surface area (Å²) in [6.07, 6.45) is 2.10. The Hall–Kier alpha value is -0.380. The minimum Gasteiger partial charge on any atom is -0.396 e. The first-order valence-corrected chi connectivity index (χ1v) is 6.99. The summed E-state index contributed by atoms with van der Waals surface area (Å²) in [5, 5.41) is 16.8. The van der Waals surface area contributed by atoms with Gasteiger partial charge in [0.05, 0.1) is 0 Å². The Balaban J connectivity index is 2.21. The molecule has 1 aromatic heterocycles. The second-order valence-corrected chi connectivity index (χ2v) is 5.55. The van der Waals surface area contributed by atoms with Gasteiger partial charge in [-0.3, -0.25) is 0 Å². The number of aliphatic hydroxyl groups is 1. The van der Waals surface area contributed by atoms with Gasteiger partial charge in [-0.15, -0.1) is 0 Å². The first-order valence-electron chi connectivity index (χ1n) is 6.05. The van der Waals surface area contributed by atoms with Crippen LogP contribution in [0.1, 0.15) is 32.3 Å². The van der Waals surface area contributed by atoms with Crippen molar-refractivity contribution in [1.82, 2.24) is 5.32 Å². The van der Waals surface area contributed by atoms with Gasteiger partial charge in [0, 0.05) is 13.2 Å². The molecule has 2 N–H and O–H groups in total. The molecule has 92 valence electrons. The van der Waals surface area contributed by atoms with Crippen LogP contribution in [0.5, 0.6) is 0 Å². The SMILES string of the molecule is CC(C)CC(CCO)CNCc1ccsc1. The highest BCUT2D eigenvalue weighted by molar-refractivity contribution is 7.07. The van der Waals surface area contributed by atoms with E-state index in [1.807, 2.05) is 0 Å². The van der Waals surface area contributed by atoms with Crippen LogP contribution in [0.4, 0.5) is 0 Å². The molecule has 0 amide bonds. The van der Waals surface area contributed by atoms with E-state index >= 15 is 0 Å². The summed E-state index contributed by atoms with van der Waals surface area (Å²) < 4.78 is 0. The molecule has 2 nitrogen and oxygen atoms in total. The lowest BCUT2D eigenvalue weighted by Crippen LogP contribution is -2.24. The molecule has 3 heteroatoms. The molecule has 1 heterocycles. The van der Waals surface area contributed by atoms with E-state index < -0.39 is 0 Å². The third-order valence-electron chi connectivity index (χ3n) is 2.68. The molecule has 16 heavy (non-hydrogen) atoms. The first kappa shape index (κ1) is 13.7. The molecular weight excluding hydrogens is 218 g/mol. The molecule has 0 spiro atoms. The molecule has 0 aliphatic rings. The standard InChI is InChI=1S/C13H23NOS/c1-11(2)7-12(3-5-15)8-14-9-13-4-6-16-10-13/h4,6,10-12,14-15H,3,5,7-9H2,1-2H3. The van der Waals surface area contributed by atoms with Gasteiger partial charge in [-0.2, -0.15) is 11.3 Å². The van der Waals surface area contributed by atoms with Crippen molar-refractivity contribution in [3.05, 3.63) is 22.4 Å². The van der Waals surface area contributed by atoms with E-state index in [4.69, 9.17) is 5.11 Å². The maximum atomic E-state index is 9.01. The second kappa shape index (κ2) is 7.82. The lowest BCUT2D eigenvalue weighted by atomic mass is 9.94. The van der Waals surface area contributed by atoms with E-state index in [9.17, 15) is 0 Å². The first-order chi connectivity index (χ1) is 7.72. The third kappa shape index (κ3) is 5.64. The summed E-state index contributed by atoms with van der Waals surface area (Å²) in [6, 6.07) is 2.15. The van der Waals surface area contributed by atoms with Gasteiger partial charge in [0.1, 0.15) is 0 Å². The van der Waals surface area contributed by atoms with E-state index in [1.54, 1.807) is 11.3 Å². The number of aliphatic hydroxyl groups excluding tert-OH is 1. The highest BCUT2D eigenvalue weighted by Gasteiger charge is 2.09. The van der Waals surface area contributed by atoms with Crippen molar-refractivity contribution in [2.45, 2.75) is 33.2 Å². The van der Waals surface area contributed by atoms with Crippen molar-refractivity contribution in [3.8, 4) is 0 Å². The van der Waals surface area contributed by atoms with Crippen LogP contribution in [-0.2, 0) is 6.54 Å². The summed E-state index contributed by atoms with van der Waals surface area (Å²) in [5.41, 5.74) is 1.36. The van der Waals surface area contributed by atoms with Crippen molar-refractivity contribution in [2.24, 2.45) is 11.8 Å². The van der Waals surface area contributed by atoms with Gasteiger partial charge in [0.2, 0.25) is 0 Å². The zero-order chi connectivity index (χ0) is 11.8. The van der Waals surface area contributed by atoms with Gasteiger partial charge in [0.25, 0.3) is 0 Å². The van der Waals surface area contributed by atoms with Crippen LogP contribution in [0.15, 0.2) is 16.8 Å². The third-order valence-corrected chi connectivity index (χ3v) is 3.42. The summed E-state index contributed by atoms with van der Waals surface area (Å²) in [5.74, 6) is 1.31. The predicted octanol–water partition coefficient (Wildman–Crippen LogP) is 2.88. The molecule has 0 aliphatic heterocycles. The van der Waals surface area contributed by atoms with E-state index in [1.165, 1.54) is 12.0 Å². The van der Waals surface area contributed by atoms with Crippen LogP contribution in [0.25, 0.3) is 0 Å². The monoisotopic (exact) mass is 241 g/mol. The Bertz CT molecular complexity index is 259. The second-order valence-electron chi connectivity index (χ2n) is 4.77.